The van der Waals surface area contributed by atoms with Gasteiger partial charge in [-0.25, -0.2) is 13.4 Å². The Morgan fingerprint density at radius 1 is 1.32 bits per heavy atom. The molecular weight excluding hydrogens is 264 g/mol. The molecule has 0 amide bonds. The second-order valence-electron chi connectivity index (χ2n) is 4.29. The molecule has 2 aromatic rings. The minimum Gasteiger partial charge on any atom is -0.381 e. The van der Waals surface area contributed by atoms with Crippen molar-refractivity contribution >= 4 is 15.8 Å². The Bertz CT molecular complexity index is 645. The molecule has 0 bridgehead atoms. The van der Waals surface area contributed by atoms with Crippen molar-refractivity contribution in [1.29, 1.82) is 0 Å². The first-order chi connectivity index (χ1) is 8.93. The summed E-state index contributed by atoms with van der Waals surface area (Å²) in [7, 11) is -0.520. The van der Waals surface area contributed by atoms with Gasteiger partial charge in [0.15, 0.2) is 10.8 Å². The molecule has 0 saturated carbocycles. The SMILES string of the molecule is CN(Cc1ccccc1)S(=O)(=O)c1c(N)ncn1C. The topological polar surface area (TPSA) is 81.2 Å². The first-order valence-electron chi connectivity index (χ1n) is 5.70. The van der Waals surface area contributed by atoms with Gasteiger partial charge in [0.1, 0.15) is 0 Å². The number of hydrogen-bond acceptors (Lipinski definition) is 4. The standard InChI is InChI=1S/C12H16N4O2S/c1-15-9-14-11(13)12(15)19(17,18)16(2)8-10-6-4-3-5-7-10/h3-7,9H,8,13H2,1-2H3. The second kappa shape index (κ2) is 5.02. The molecule has 19 heavy (non-hydrogen) atoms. The maximum absolute atomic E-state index is 12.4. The molecule has 2 rings (SSSR count). The number of aryl methyl sites for hydroxylation is 1. The summed E-state index contributed by atoms with van der Waals surface area (Å²) in [5.41, 5.74) is 6.53. The van der Waals surface area contributed by atoms with Crippen LogP contribution in [0.1, 0.15) is 5.56 Å². The molecule has 0 saturated heterocycles. The van der Waals surface area contributed by atoms with E-state index in [-0.39, 0.29) is 17.4 Å². The third-order valence-electron chi connectivity index (χ3n) is 2.81. The number of nitrogen functional groups attached to an aromatic ring is 1. The van der Waals surface area contributed by atoms with E-state index >= 15 is 0 Å². The minimum absolute atomic E-state index is 0.0161. The van der Waals surface area contributed by atoms with Crippen LogP contribution in [0.3, 0.4) is 0 Å². The summed E-state index contributed by atoms with van der Waals surface area (Å²) in [4.78, 5) is 3.81. The number of rotatable bonds is 4. The normalized spacial score (nSPS) is 11.9. The molecule has 0 aliphatic rings. The Morgan fingerprint density at radius 3 is 2.47 bits per heavy atom. The van der Waals surface area contributed by atoms with E-state index in [4.69, 9.17) is 5.73 Å². The second-order valence-corrected chi connectivity index (χ2v) is 6.25. The van der Waals surface area contributed by atoms with E-state index in [1.54, 1.807) is 7.05 Å². The number of sulfonamides is 1. The fourth-order valence-electron chi connectivity index (χ4n) is 1.82. The molecule has 6 nitrogen and oxygen atoms in total. The number of nitrogens with zero attached hydrogens (tertiary/aromatic N) is 3. The van der Waals surface area contributed by atoms with Crippen molar-refractivity contribution in [2.45, 2.75) is 11.6 Å². The van der Waals surface area contributed by atoms with Crippen LogP contribution in [-0.4, -0.2) is 29.3 Å². The van der Waals surface area contributed by atoms with Crippen LogP contribution in [0.2, 0.25) is 0 Å². The Hall–Kier alpha value is -1.86. The highest BCUT2D eigenvalue weighted by atomic mass is 32.2. The molecular formula is C12H16N4O2S. The summed E-state index contributed by atoms with van der Waals surface area (Å²) < 4.78 is 27.5. The van der Waals surface area contributed by atoms with Gasteiger partial charge in [0.2, 0.25) is 0 Å². The van der Waals surface area contributed by atoms with Gasteiger partial charge in [0, 0.05) is 20.6 Å². The van der Waals surface area contributed by atoms with E-state index < -0.39 is 10.0 Å². The third kappa shape index (κ3) is 2.61. The van der Waals surface area contributed by atoms with Gasteiger partial charge in [-0.3, -0.25) is 0 Å². The van der Waals surface area contributed by atoms with Crippen molar-refractivity contribution in [3.8, 4) is 0 Å². The fourth-order valence-corrected chi connectivity index (χ4v) is 3.17. The molecule has 0 unspecified atom stereocenters. The van der Waals surface area contributed by atoms with Crippen LogP contribution in [0, 0.1) is 0 Å². The van der Waals surface area contributed by atoms with Crippen molar-refractivity contribution in [2.75, 3.05) is 12.8 Å². The van der Waals surface area contributed by atoms with Crippen LogP contribution in [-0.2, 0) is 23.6 Å². The molecule has 1 aromatic heterocycles. The summed E-state index contributed by atoms with van der Waals surface area (Å²) in [6, 6.07) is 9.37. The molecule has 0 aliphatic carbocycles. The van der Waals surface area contributed by atoms with Gasteiger partial charge < -0.3 is 10.3 Å². The van der Waals surface area contributed by atoms with Crippen LogP contribution >= 0.6 is 0 Å². The molecule has 0 spiro atoms. The number of nitrogens with two attached hydrogens (primary N) is 1. The van der Waals surface area contributed by atoms with Gasteiger partial charge in [-0.2, -0.15) is 4.31 Å². The van der Waals surface area contributed by atoms with Crippen LogP contribution in [0.4, 0.5) is 5.82 Å². The highest BCUT2D eigenvalue weighted by molar-refractivity contribution is 7.89. The predicted octanol–water partition coefficient (Wildman–Crippen LogP) is 0.823. The maximum atomic E-state index is 12.4. The molecule has 0 aliphatic heterocycles. The van der Waals surface area contributed by atoms with Crippen molar-refractivity contribution in [1.82, 2.24) is 13.9 Å². The molecule has 0 atom stereocenters. The number of benzene rings is 1. The first-order valence-corrected chi connectivity index (χ1v) is 7.14. The van der Waals surface area contributed by atoms with Crippen molar-refractivity contribution in [3.05, 3.63) is 42.2 Å². The maximum Gasteiger partial charge on any atom is 0.262 e. The van der Waals surface area contributed by atoms with Crippen molar-refractivity contribution in [2.24, 2.45) is 7.05 Å². The summed E-state index contributed by atoms with van der Waals surface area (Å²) in [5.74, 6) is 0.0161. The number of imidazole rings is 1. The molecule has 0 fully saturated rings. The smallest absolute Gasteiger partial charge is 0.262 e. The lowest BCUT2D eigenvalue weighted by molar-refractivity contribution is 0.461. The van der Waals surface area contributed by atoms with Crippen molar-refractivity contribution < 1.29 is 8.42 Å². The zero-order valence-corrected chi connectivity index (χ0v) is 11.6. The Labute approximate surface area is 112 Å². The number of hydrogen-bond donors (Lipinski definition) is 1. The molecule has 0 radical (unpaired) electrons. The highest BCUT2D eigenvalue weighted by Gasteiger charge is 2.27. The first kappa shape index (κ1) is 13.6. The summed E-state index contributed by atoms with van der Waals surface area (Å²) >= 11 is 0. The lowest BCUT2D eigenvalue weighted by atomic mass is 10.2. The summed E-state index contributed by atoms with van der Waals surface area (Å²) in [6.45, 7) is 0.286. The molecule has 102 valence electrons. The third-order valence-corrected chi connectivity index (χ3v) is 4.75. The Kier molecular flexibility index (Phi) is 3.59. The van der Waals surface area contributed by atoms with Gasteiger partial charge in [0.25, 0.3) is 10.0 Å². The Morgan fingerprint density at radius 2 is 1.95 bits per heavy atom. The van der Waals surface area contributed by atoms with Gasteiger partial charge >= 0.3 is 0 Å². The Balaban J connectivity index is 2.30. The zero-order chi connectivity index (χ0) is 14.0. The monoisotopic (exact) mass is 280 g/mol. The lowest BCUT2D eigenvalue weighted by Crippen LogP contribution is -2.28. The van der Waals surface area contributed by atoms with Gasteiger partial charge in [0.05, 0.1) is 6.33 Å². The average Bonchev–Trinajstić information content (AvgIpc) is 2.70. The molecule has 1 heterocycles. The lowest BCUT2D eigenvalue weighted by Gasteiger charge is -2.17. The van der Waals surface area contributed by atoms with E-state index in [2.05, 4.69) is 4.98 Å². The van der Waals surface area contributed by atoms with Crippen LogP contribution in [0.5, 0.6) is 0 Å². The molecule has 1 aromatic carbocycles. The fraction of sp³-hybridized carbons (Fsp3) is 0.250. The summed E-state index contributed by atoms with van der Waals surface area (Å²) in [6.07, 6.45) is 1.39. The highest BCUT2D eigenvalue weighted by Crippen LogP contribution is 2.20. The largest absolute Gasteiger partial charge is 0.381 e. The van der Waals surface area contributed by atoms with E-state index in [9.17, 15) is 8.42 Å². The van der Waals surface area contributed by atoms with Crippen LogP contribution in [0.15, 0.2) is 41.7 Å². The molecule has 7 heteroatoms. The van der Waals surface area contributed by atoms with E-state index in [0.717, 1.165) is 5.56 Å². The minimum atomic E-state index is -3.65. The summed E-state index contributed by atoms with van der Waals surface area (Å²) in [5, 5.41) is 0.0194. The van der Waals surface area contributed by atoms with Crippen LogP contribution < -0.4 is 5.73 Å². The quantitative estimate of drug-likeness (QED) is 0.899. The van der Waals surface area contributed by atoms with Crippen molar-refractivity contribution in [3.63, 3.8) is 0 Å². The van der Waals surface area contributed by atoms with Crippen LogP contribution in [0.25, 0.3) is 0 Å². The number of anilines is 1. The van der Waals surface area contributed by atoms with E-state index in [1.807, 2.05) is 30.3 Å². The predicted molar refractivity (Wildman–Crippen MR) is 72.7 cm³/mol. The van der Waals surface area contributed by atoms with E-state index in [0.29, 0.717) is 0 Å². The number of aromatic nitrogens is 2. The van der Waals surface area contributed by atoms with E-state index in [1.165, 1.54) is 22.2 Å². The van der Waals surface area contributed by atoms with Gasteiger partial charge in [-0.1, -0.05) is 30.3 Å². The van der Waals surface area contributed by atoms with Gasteiger partial charge in [-0.05, 0) is 5.56 Å². The molecule has 2 N–H and O–H groups in total. The zero-order valence-electron chi connectivity index (χ0n) is 10.8. The van der Waals surface area contributed by atoms with Gasteiger partial charge in [-0.15, -0.1) is 0 Å². The average molecular weight is 280 g/mol.